The van der Waals surface area contributed by atoms with E-state index in [-0.39, 0.29) is 23.7 Å². The molecule has 2 unspecified atom stereocenters. The standard InChI is InChI=1S/C20H17F3N2O4.C2HF3O2/c21-20(22,23)28-16-3-1-2-12(9-16)13-4-6-15(8-13)27-19-7-5-14(11-24-19)17-10-18(26)25-29-17;3-2(4,5)1(6)7/h1-3,5,7,9-11,13,15H,4,6,8H2,(H,25,26);(H,6,7). The molecule has 36 heavy (non-hydrogen) atoms. The fourth-order valence-corrected chi connectivity index (χ4v) is 3.48. The molecule has 0 bridgehead atoms. The number of aliphatic carboxylic acids is 1. The number of alkyl halides is 6. The average molecular weight is 520 g/mol. The highest BCUT2D eigenvalue weighted by Crippen LogP contribution is 2.38. The Kier molecular flexibility index (Phi) is 7.95. The number of hydrogen-bond acceptors (Lipinski definition) is 7. The third-order valence-electron chi connectivity index (χ3n) is 5.00. The second-order valence-electron chi connectivity index (χ2n) is 7.61. The molecule has 3 aromatic rings. The number of nitrogens with zero attached hydrogens (tertiary/aromatic N) is 2. The summed E-state index contributed by atoms with van der Waals surface area (Å²) in [5, 5.41) is 19.8. The van der Waals surface area contributed by atoms with Gasteiger partial charge in [-0.2, -0.15) is 13.2 Å². The first-order chi connectivity index (χ1) is 16.8. The molecule has 1 aliphatic rings. The molecule has 0 spiro atoms. The van der Waals surface area contributed by atoms with Gasteiger partial charge in [0.25, 0.3) is 5.88 Å². The van der Waals surface area contributed by atoms with E-state index in [1.807, 2.05) is 0 Å². The van der Waals surface area contributed by atoms with Crippen molar-refractivity contribution in [3.05, 3.63) is 54.2 Å². The van der Waals surface area contributed by atoms with Crippen LogP contribution in [0.3, 0.4) is 0 Å². The van der Waals surface area contributed by atoms with E-state index in [1.54, 1.807) is 30.5 Å². The van der Waals surface area contributed by atoms with Crippen LogP contribution < -0.4 is 9.47 Å². The summed E-state index contributed by atoms with van der Waals surface area (Å²) in [6.07, 6.45) is -6.07. The number of aromatic nitrogens is 2. The zero-order valence-corrected chi connectivity index (χ0v) is 18.1. The normalized spacial score (nSPS) is 17.7. The van der Waals surface area contributed by atoms with Gasteiger partial charge in [-0.25, -0.2) is 9.78 Å². The van der Waals surface area contributed by atoms with Crippen molar-refractivity contribution in [2.75, 3.05) is 0 Å². The summed E-state index contributed by atoms with van der Waals surface area (Å²) in [5.74, 6) is -2.25. The van der Waals surface area contributed by atoms with Gasteiger partial charge in [-0.15, -0.1) is 13.2 Å². The van der Waals surface area contributed by atoms with Gasteiger partial charge in [0.2, 0.25) is 5.88 Å². The number of aromatic hydroxyl groups is 1. The molecule has 0 aliphatic heterocycles. The number of hydrogen-bond donors (Lipinski definition) is 2. The number of rotatable bonds is 5. The Hall–Kier alpha value is -3.97. The predicted octanol–water partition coefficient (Wildman–Crippen LogP) is 5.69. The fourth-order valence-electron chi connectivity index (χ4n) is 3.48. The topological polar surface area (TPSA) is 115 Å². The van der Waals surface area contributed by atoms with E-state index < -0.39 is 18.5 Å². The molecular weight excluding hydrogens is 502 g/mol. The van der Waals surface area contributed by atoms with Crippen molar-refractivity contribution in [2.45, 2.75) is 43.8 Å². The quantitative estimate of drug-likeness (QED) is 0.413. The van der Waals surface area contributed by atoms with Gasteiger partial charge in [0.15, 0.2) is 5.76 Å². The maximum Gasteiger partial charge on any atom is 0.573 e. The van der Waals surface area contributed by atoms with Crippen LogP contribution in [-0.4, -0.2) is 45.0 Å². The Morgan fingerprint density at radius 3 is 2.33 bits per heavy atom. The van der Waals surface area contributed by atoms with E-state index in [0.717, 1.165) is 18.4 Å². The first kappa shape index (κ1) is 26.6. The molecule has 1 aromatic carbocycles. The monoisotopic (exact) mass is 520 g/mol. The number of benzene rings is 1. The van der Waals surface area contributed by atoms with Gasteiger partial charge < -0.3 is 24.2 Å². The van der Waals surface area contributed by atoms with Gasteiger partial charge in [0, 0.05) is 23.9 Å². The summed E-state index contributed by atoms with van der Waals surface area (Å²) in [5.41, 5.74) is 1.45. The molecule has 14 heteroatoms. The molecule has 0 amide bonds. The van der Waals surface area contributed by atoms with Gasteiger partial charge in [-0.1, -0.05) is 12.1 Å². The first-order valence-electron chi connectivity index (χ1n) is 10.2. The number of carboxylic acids is 1. The molecule has 194 valence electrons. The maximum absolute atomic E-state index is 12.4. The lowest BCUT2D eigenvalue weighted by atomic mass is 9.97. The smallest absolute Gasteiger partial charge is 0.491 e. The van der Waals surface area contributed by atoms with Gasteiger partial charge in [-0.3, -0.25) is 0 Å². The SMILES string of the molecule is O=C(O)C(F)(F)F.Oc1cc(-c2ccc(OC3CCC(c4cccc(OC(F)(F)F)c4)C3)nc2)on1. The van der Waals surface area contributed by atoms with Gasteiger partial charge in [0.05, 0.1) is 0 Å². The second-order valence-corrected chi connectivity index (χ2v) is 7.61. The van der Waals surface area contributed by atoms with Crippen LogP contribution in [0.1, 0.15) is 30.7 Å². The lowest BCUT2D eigenvalue weighted by Crippen LogP contribution is -2.21. The maximum atomic E-state index is 12.4. The van der Waals surface area contributed by atoms with Gasteiger partial charge in [0.1, 0.15) is 11.9 Å². The summed E-state index contributed by atoms with van der Waals surface area (Å²) in [6.45, 7) is 0. The van der Waals surface area contributed by atoms with Crippen molar-refractivity contribution in [2.24, 2.45) is 0 Å². The van der Waals surface area contributed by atoms with Gasteiger partial charge in [-0.05, 0) is 54.1 Å². The number of halogens is 6. The molecule has 1 aliphatic carbocycles. The Labute approximate surface area is 199 Å². The van der Waals surface area contributed by atoms with Crippen molar-refractivity contribution in [1.29, 1.82) is 0 Å². The summed E-state index contributed by atoms with van der Waals surface area (Å²) in [4.78, 5) is 13.1. The molecule has 0 radical (unpaired) electrons. The van der Waals surface area contributed by atoms with Crippen LogP contribution in [0.2, 0.25) is 0 Å². The van der Waals surface area contributed by atoms with Crippen LogP contribution in [0.5, 0.6) is 17.5 Å². The van der Waals surface area contributed by atoms with Crippen LogP contribution in [0.4, 0.5) is 26.3 Å². The molecular formula is C22H18F6N2O6. The summed E-state index contributed by atoms with van der Waals surface area (Å²) < 4.78 is 83.9. The van der Waals surface area contributed by atoms with Crippen LogP contribution >= 0.6 is 0 Å². The summed E-state index contributed by atoms with van der Waals surface area (Å²) in [6, 6.07) is 10.9. The Morgan fingerprint density at radius 1 is 1.06 bits per heavy atom. The summed E-state index contributed by atoms with van der Waals surface area (Å²) in [7, 11) is 0. The van der Waals surface area contributed by atoms with E-state index >= 15 is 0 Å². The highest BCUT2D eigenvalue weighted by Gasteiger charge is 2.38. The molecule has 4 rings (SSSR count). The van der Waals surface area contributed by atoms with Crippen LogP contribution in [-0.2, 0) is 4.79 Å². The lowest BCUT2D eigenvalue weighted by Gasteiger charge is -2.15. The van der Waals surface area contributed by atoms with Gasteiger partial charge >= 0.3 is 18.5 Å². The molecule has 2 atom stereocenters. The highest BCUT2D eigenvalue weighted by molar-refractivity contribution is 5.73. The van der Waals surface area contributed by atoms with Crippen LogP contribution in [0.15, 0.2) is 53.2 Å². The van der Waals surface area contributed by atoms with E-state index in [2.05, 4.69) is 14.9 Å². The molecule has 2 N–H and O–H groups in total. The van der Waals surface area contributed by atoms with Crippen LogP contribution in [0, 0.1) is 0 Å². The lowest BCUT2D eigenvalue weighted by molar-refractivity contribution is -0.274. The number of pyridine rings is 1. The molecule has 1 saturated carbocycles. The number of carbonyl (C=O) groups is 1. The molecule has 2 aromatic heterocycles. The average Bonchev–Trinajstić information content (AvgIpc) is 3.42. The zero-order chi connectivity index (χ0) is 26.5. The zero-order valence-electron chi connectivity index (χ0n) is 18.1. The summed E-state index contributed by atoms with van der Waals surface area (Å²) >= 11 is 0. The Bertz CT molecular complexity index is 1160. The van der Waals surface area contributed by atoms with E-state index in [4.69, 9.17) is 19.2 Å². The second kappa shape index (κ2) is 10.7. The largest absolute Gasteiger partial charge is 0.573 e. The molecule has 8 nitrogen and oxygen atoms in total. The molecule has 0 saturated heterocycles. The van der Waals surface area contributed by atoms with E-state index in [1.165, 1.54) is 18.2 Å². The van der Waals surface area contributed by atoms with Crippen molar-refractivity contribution in [1.82, 2.24) is 10.1 Å². The van der Waals surface area contributed by atoms with Crippen molar-refractivity contribution in [3.8, 4) is 28.8 Å². The fraction of sp³-hybridized carbons (Fsp3) is 0.318. The van der Waals surface area contributed by atoms with E-state index in [0.29, 0.717) is 23.6 Å². The molecule has 2 heterocycles. The Morgan fingerprint density at radius 2 is 1.78 bits per heavy atom. The predicted molar refractivity (Wildman–Crippen MR) is 109 cm³/mol. The van der Waals surface area contributed by atoms with Crippen molar-refractivity contribution < 1.29 is 55.3 Å². The minimum Gasteiger partial charge on any atom is -0.491 e. The highest BCUT2D eigenvalue weighted by atomic mass is 19.4. The van der Waals surface area contributed by atoms with E-state index in [9.17, 15) is 31.4 Å². The number of carboxylic acid groups (broad SMARTS) is 1. The minimum absolute atomic E-state index is 0.0835. The molecule has 1 fully saturated rings. The number of ether oxygens (including phenoxy) is 2. The minimum atomic E-state index is -5.08. The first-order valence-corrected chi connectivity index (χ1v) is 10.2. The van der Waals surface area contributed by atoms with Crippen LogP contribution in [0.25, 0.3) is 11.3 Å². The van der Waals surface area contributed by atoms with Crippen molar-refractivity contribution >= 4 is 5.97 Å². The third-order valence-corrected chi connectivity index (χ3v) is 5.00. The van der Waals surface area contributed by atoms with Crippen molar-refractivity contribution in [3.63, 3.8) is 0 Å². The Balaban J connectivity index is 0.000000454. The third kappa shape index (κ3) is 7.78.